The standard InChI is InChI=1S/2C23H26N8.C22H24N8.C21H21FN6.C21H22N8/c2*1-15(24)12-16-6-3-10-26-22(16)30(2)20-14-27-21-18(29-20)13-28-23(21)31-11-5-7-17-19(31)8-4-9-25-17;1-29(21-15(8-9-23)5-2-11-25-21)19-14-26-20-17(28-19)13-27-22(20)30-12-4-6-16-18(30)7-3-10-24-16;1-13-5-3-7-15(18(13)22)19-20-16(11-25-19)27-17(12-26-20)28(2)21-14(8-9-23)6-4-10-24-21;1-28(20-14(11-22)5-2-9-24-20)18-13-25-19-16(27-18)12-26-21(19)29-10-4-6-15-17(29)7-3-8-23-15/h2*3-4,6,8-10,14-15H,5,7,11-13,24H2,1-2H3;2-3,5,7,10-11,14H,4,6,8-9,12-13,23H2,1H3;3-7,10,12H,8-9,11,23H2,1-2H3;2-3,5,7-9,13H,4,6,10-12,22H2,1H3/t2*15-;;;/m10.../s1. The quantitative estimate of drug-likeness (QED) is 0.0473. The van der Waals surface area contributed by atoms with E-state index < -0.39 is 0 Å². The number of hydrogen-bond acceptors (Lipinski definition) is 38. The van der Waals surface area contributed by atoms with Gasteiger partial charge in [0.25, 0.3) is 0 Å². The van der Waals surface area contributed by atoms with Gasteiger partial charge in [-0.3, -0.25) is 44.9 Å². The van der Waals surface area contributed by atoms with Crippen molar-refractivity contribution < 1.29 is 4.39 Å². The predicted molar refractivity (Wildman–Crippen MR) is 581 cm³/mol. The van der Waals surface area contributed by atoms with Gasteiger partial charge in [0, 0.05) is 147 Å². The molecule has 23 heterocycles. The smallest absolute Gasteiger partial charge is 0.156 e. The van der Waals surface area contributed by atoms with Crippen molar-refractivity contribution in [3.8, 4) is 0 Å². The molecule has 149 heavy (non-hydrogen) atoms. The molecule has 2 atom stereocenters. The molecule has 10 N–H and O–H groups in total. The second kappa shape index (κ2) is 45.1. The highest BCUT2D eigenvalue weighted by molar-refractivity contribution is 6.15. The van der Waals surface area contributed by atoms with Crippen LogP contribution in [0.1, 0.15) is 158 Å². The van der Waals surface area contributed by atoms with Crippen LogP contribution in [0.25, 0.3) is 0 Å². The third kappa shape index (κ3) is 21.1. The van der Waals surface area contributed by atoms with Crippen molar-refractivity contribution in [1.82, 2.24) is 94.7 Å². The number of nitrogens with zero attached hydrogens (tertiary/aromatic N) is 33. The van der Waals surface area contributed by atoms with Gasteiger partial charge in [-0.2, -0.15) is 0 Å². The Hall–Kier alpha value is -16.8. The summed E-state index contributed by atoms with van der Waals surface area (Å²) in [6, 6.07) is 41.5. The number of halogens is 1. The van der Waals surface area contributed by atoms with E-state index in [9.17, 15) is 4.39 Å². The molecule has 38 nitrogen and oxygen atoms in total. The fourth-order valence-electron chi connectivity index (χ4n) is 19.9. The summed E-state index contributed by atoms with van der Waals surface area (Å²) in [5, 5.41) is 0. The van der Waals surface area contributed by atoms with Crippen molar-refractivity contribution in [3.05, 3.63) is 339 Å². The highest BCUT2D eigenvalue weighted by Crippen LogP contribution is 2.40. The van der Waals surface area contributed by atoms with Gasteiger partial charge in [-0.05, 0) is 224 Å². The number of rotatable bonds is 20. The lowest BCUT2D eigenvalue weighted by Gasteiger charge is -2.30. The van der Waals surface area contributed by atoms with Crippen LogP contribution >= 0.6 is 0 Å². The Morgan fingerprint density at radius 3 is 0.886 bits per heavy atom. The summed E-state index contributed by atoms with van der Waals surface area (Å²) in [6.45, 7) is 13.4. The number of aliphatic imine (C=N–C) groups is 5. The zero-order chi connectivity index (χ0) is 103. The Kier molecular flexibility index (Phi) is 30.1. The van der Waals surface area contributed by atoms with E-state index in [2.05, 4.69) is 117 Å². The second-order valence-electron chi connectivity index (χ2n) is 37.5. The summed E-state index contributed by atoms with van der Waals surface area (Å²) in [5.41, 5.74) is 53.6. The van der Waals surface area contributed by atoms with Gasteiger partial charge in [-0.15, -0.1) is 0 Å². The van der Waals surface area contributed by atoms with Crippen molar-refractivity contribution in [2.75, 3.05) is 119 Å². The molecule has 1 aromatic carbocycles. The molecule has 0 radical (unpaired) electrons. The van der Waals surface area contributed by atoms with Gasteiger partial charge in [0.15, 0.2) is 52.4 Å². The molecule has 0 fully saturated rings. The molecule has 0 spiro atoms. The van der Waals surface area contributed by atoms with E-state index in [1.165, 1.54) is 0 Å². The van der Waals surface area contributed by atoms with Gasteiger partial charge in [-0.25, -0.2) is 79.2 Å². The number of benzene rings is 1. The fraction of sp³-hybridized carbons (Fsp3) is 0.309. The molecule has 9 aliphatic heterocycles. The molecule has 39 heteroatoms. The fourth-order valence-corrected chi connectivity index (χ4v) is 19.9. The van der Waals surface area contributed by atoms with Crippen LogP contribution in [0.4, 0.5) is 85.3 Å². The Labute approximate surface area is 864 Å². The van der Waals surface area contributed by atoms with Crippen molar-refractivity contribution in [3.63, 3.8) is 0 Å². The average molecular weight is 1990 g/mol. The molecule has 0 bridgehead atoms. The van der Waals surface area contributed by atoms with Crippen LogP contribution in [0.2, 0.25) is 0 Å². The van der Waals surface area contributed by atoms with Crippen LogP contribution in [-0.4, -0.2) is 210 Å². The largest absolute Gasteiger partial charge is 0.330 e. The van der Waals surface area contributed by atoms with E-state index in [4.69, 9.17) is 93.5 Å². The SMILES string of the molecule is CN(c1cnc2c(n1)CN=C2N1CCCc2ncccc21)c1ncccc1CCN.CN(c1cnc2c(n1)CN=C2N1CCCc2ncccc21)c1ncccc1CN.C[C@@H](N)Cc1cccnc1N(C)c1cnc2c(n1)CN=C2N1CCCc2ncccc21.C[C@H](N)Cc1cccnc1N(C)c1cnc2c(n1)CN=C2N1CCCc2ncccc21.Cc1cccc(C2=NCc3nc(N(C)c4ncccc4CCN)cnc32)c1F. The number of hydrogen-bond donors (Lipinski definition) is 5. The van der Waals surface area contributed by atoms with Crippen molar-refractivity contribution in [2.45, 2.75) is 149 Å². The highest BCUT2D eigenvalue weighted by atomic mass is 19.1. The van der Waals surface area contributed by atoms with Gasteiger partial charge in [0.1, 0.15) is 63.4 Å². The first-order chi connectivity index (χ1) is 72.8. The number of aromatic nitrogens is 19. The lowest BCUT2D eigenvalue weighted by atomic mass is 10.0. The average Bonchev–Trinajstić information content (AvgIpc) is 1.66. The van der Waals surface area contributed by atoms with E-state index in [-0.39, 0.29) is 17.9 Å². The maximum absolute atomic E-state index is 14.5. The number of anilines is 14. The first kappa shape index (κ1) is 99.6. The minimum atomic E-state index is -0.267. The number of fused-ring (bicyclic) bond motifs is 9. The molecule has 9 aliphatic rings. The summed E-state index contributed by atoms with van der Waals surface area (Å²) in [6.07, 6.45) is 36.3. The van der Waals surface area contributed by atoms with Crippen molar-refractivity contribution in [2.24, 2.45) is 53.6 Å². The van der Waals surface area contributed by atoms with E-state index in [0.29, 0.717) is 80.7 Å². The van der Waals surface area contributed by atoms with E-state index in [0.717, 1.165) is 304 Å². The molecule has 15 aromatic rings. The van der Waals surface area contributed by atoms with Gasteiger partial charge in [-0.1, -0.05) is 42.5 Å². The molecular weight excluding hydrogens is 1870 g/mol. The monoisotopic (exact) mass is 1990 g/mol. The Balaban J connectivity index is 0.000000113. The Morgan fingerprint density at radius 1 is 0.309 bits per heavy atom. The molecule has 0 amide bonds. The third-order valence-corrected chi connectivity index (χ3v) is 27.2. The number of amidine groups is 4. The predicted octanol–water partition coefficient (Wildman–Crippen LogP) is 12.7. The molecule has 0 saturated carbocycles. The van der Waals surface area contributed by atoms with Crippen LogP contribution < -0.4 is 72.8 Å². The minimum absolute atomic E-state index is 0.0559. The highest BCUT2D eigenvalue weighted by Gasteiger charge is 2.37. The topological polar surface area (TPSA) is 466 Å². The summed E-state index contributed by atoms with van der Waals surface area (Å²) in [5.74, 6) is 11.1. The lowest BCUT2D eigenvalue weighted by molar-refractivity contribution is 0.616. The maximum atomic E-state index is 14.5. The number of aryl methyl sites for hydroxylation is 5. The normalized spacial score (nSPS) is 14.9. The summed E-state index contributed by atoms with van der Waals surface area (Å²) < 4.78 is 14.5. The molecule has 0 aliphatic carbocycles. The molecule has 14 aromatic heterocycles. The van der Waals surface area contributed by atoms with Crippen molar-refractivity contribution >= 4 is 110 Å². The zero-order valence-electron chi connectivity index (χ0n) is 84.9. The zero-order valence-corrected chi connectivity index (χ0v) is 84.9. The van der Waals surface area contributed by atoms with Crippen LogP contribution in [0.3, 0.4) is 0 Å². The maximum Gasteiger partial charge on any atom is 0.156 e. The van der Waals surface area contributed by atoms with Gasteiger partial charge >= 0.3 is 0 Å². The van der Waals surface area contributed by atoms with Crippen LogP contribution in [-0.2, 0) is 90.6 Å². The third-order valence-electron chi connectivity index (χ3n) is 27.2. The lowest BCUT2D eigenvalue weighted by Crippen LogP contribution is -2.36. The number of nitrogens with two attached hydrogens (primary N) is 5. The van der Waals surface area contributed by atoms with E-state index >= 15 is 0 Å². The number of pyridine rings is 9. The summed E-state index contributed by atoms with van der Waals surface area (Å²) in [4.78, 5) is 131. The Bertz CT molecular complexity index is 7420. The molecule has 0 saturated heterocycles. The first-order valence-corrected chi connectivity index (χ1v) is 50.5. The minimum Gasteiger partial charge on any atom is -0.330 e. The van der Waals surface area contributed by atoms with Gasteiger partial charge in [0.2, 0.25) is 0 Å². The second-order valence-corrected chi connectivity index (χ2v) is 37.5. The first-order valence-electron chi connectivity index (χ1n) is 50.5. The summed E-state index contributed by atoms with van der Waals surface area (Å²) in [7, 11) is 9.72. The summed E-state index contributed by atoms with van der Waals surface area (Å²) >= 11 is 0. The van der Waals surface area contributed by atoms with Crippen molar-refractivity contribution in [1.29, 1.82) is 0 Å². The van der Waals surface area contributed by atoms with Crippen LogP contribution in [0.5, 0.6) is 0 Å². The van der Waals surface area contributed by atoms with Crippen LogP contribution in [0.15, 0.2) is 239 Å². The van der Waals surface area contributed by atoms with E-state index in [1.54, 1.807) is 81.0 Å². The Morgan fingerprint density at radius 2 is 0.577 bits per heavy atom. The molecular formula is C110H119FN38. The molecule has 24 rings (SSSR count). The van der Waals surface area contributed by atoms with Gasteiger partial charge < -0.3 is 72.8 Å². The molecule has 0 unspecified atom stereocenters. The van der Waals surface area contributed by atoms with Gasteiger partial charge in [0.05, 0.1) is 143 Å². The van der Waals surface area contributed by atoms with E-state index in [1.807, 2.05) is 171 Å². The molecule has 756 valence electrons. The van der Waals surface area contributed by atoms with Crippen LogP contribution in [0, 0.1) is 12.7 Å².